The molecular weight excluding hydrogens is 244 g/mol. The highest BCUT2D eigenvalue weighted by molar-refractivity contribution is 5.41. The largest absolute Gasteiger partial charge is 0.296 e. The van der Waals surface area contributed by atoms with Crippen LogP contribution < -0.4 is 0 Å². The van der Waals surface area contributed by atoms with Crippen LogP contribution in [0.3, 0.4) is 0 Å². The second-order valence-corrected chi connectivity index (χ2v) is 7.02. The van der Waals surface area contributed by atoms with Crippen LogP contribution in [0, 0.1) is 0 Å². The lowest BCUT2D eigenvalue weighted by Crippen LogP contribution is -2.38. The van der Waals surface area contributed by atoms with Gasteiger partial charge in [0.2, 0.25) is 0 Å². The van der Waals surface area contributed by atoms with E-state index in [2.05, 4.69) is 49.6 Å². The van der Waals surface area contributed by atoms with Crippen LogP contribution >= 0.6 is 0 Å². The molecule has 2 heteroatoms. The summed E-state index contributed by atoms with van der Waals surface area (Å²) in [5.74, 6) is 0. The van der Waals surface area contributed by atoms with Gasteiger partial charge in [-0.25, -0.2) is 0 Å². The Kier molecular flexibility index (Phi) is 3.87. The second-order valence-electron chi connectivity index (χ2n) is 7.02. The van der Waals surface area contributed by atoms with Gasteiger partial charge in [0.05, 0.1) is 0 Å². The monoisotopic (exact) mass is 272 g/mol. The molecule has 2 nitrogen and oxygen atoms in total. The molecule has 20 heavy (non-hydrogen) atoms. The standard InChI is InChI=1S/C18H28N2/c1-13(2)19-7-5-15-9-16-6-8-20(14(3)4)12-18(16)10-17(15)11-19/h9-10,13-14H,5-8,11-12H2,1-4H3. The summed E-state index contributed by atoms with van der Waals surface area (Å²) in [5, 5.41) is 0. The van der Waals surface area contributed by atoms with Crippen molar-refractivity contribution in [1.29, 1.82) is 0 Å². The van der Waals surface area contributed by atoms with Gasteiger partial charge in [-0.2, -0.15) is 0 Å². The quantitative estimate of drug-likeness (QED) is 0.815. The highest BCUT2D eigenvalue weighted by atomic mass is 15.2. The van der Waals surface area contributed by atoms with E-state index in [9.17, 15) is 0 Å². The highest BCUT2D eigenvalue weighted by Crippen LogP contribution is 2.28. The first-order chi connectivity index (χ1) is 9.54. The molecule has 0 spiro atoms. The third kappa shape index (κ3) is 2.64. The Hall–Kier alpha value is -0.860. The SMILES string of the molecule is CC(C)N1CCc2cc3c(cc2C1)CN(C(C)C)CC3. The molecule has 2 aliphatic rings. The van der Waals surface area contributed by atoms with Crippen LogP contribution in [0.4, 0.5) is 0 Å². The minimum absolute atomic E-state index is 0.659. The maximum absolute atomic E-state index is 2.60. The Morgan fingerprint density at radius 3 is 1.50 bits per heavy atom. The molecule has 0 bridgehead atoms. The van der Waals surface area contributed by atoms with Gasteiger partial charge in [0.1, 0.15) is 0 Å². The van der Waals surface area contributed by atoms with Gasteiger partial charge in [0.15, 0.2) is 0 Å². The molecule has 0 amide bonds. The minimum Gasteiger partial charge on any atom is -0.296 e. The zero-order valence-corrected chi connectivity index (χ0v) is 13.4. The lowest BCUT2D eigenvalue weighted by atomic mass is 9.89. The topological polar surface area (TPSA) is 6.48 Å². The third-order valence-corrected chi connectivity index (χ3v) is 5.07. The molecule has 0 unspecified atom stereocenters. The molecule has 3 rings (SSSR count). The fourth-order valence-corrected chi connectivity index (χ4v) is 3.56. The van der Waals surface area contributed by atoms with Crippen molar-refractivity contribution >= 4 is 0 Å². The Bertz CT molecular complexity index is 449. The maximum Gasteiger partial charge on any atom is 0.0239 e. The van der Waals surface area contributed by atoms with E-state index in [1.807, 2.05) is 0 Å². The molecular formula is C18H28N2. The number of hydrogen-bond acceptors (Lipinski definition) is 2. The zero-order chi connectivity index (χ0) is 14.3. The number of fused-ring (bicyclic) bond motifs is 2. The molecule has 110 valence electrons. The first-order valence-corrected chi connectivity index (χ1v) is 8.16. The van der Waals surface area contributed by atoms with Gasteiger partial charge >= 0.3 is 0 Å². The van der Waals surface area contributed by atoms with E-state index < -0.39 is 0 Å². The normalized spacial score (nSPS) is 20.3. The van der Waals surface area contributed by atoms with Gasteiger partial charge in [-0.15, -0.1) is 0 Å². The summed E-state index contributed by atoms with van der Waals surface area (Å²) < 4.78 is 0. The van der Waals surface area contributed by atoms with Crippen molar-refractivity contribution in [1.82, 2.24) is 9.80 Å². The summed E-state index contributed by atoms with van der Waals surface area (Å²) in [7, 11) is 0. The van der Waals surface area contributed by atoms with Crippen LogP contribution in [-0.4, -0.2) is 35.0 Å². The van der Waals surface area contributed by atoms with E-state index >= 15 is 0 Å². The van der Waals surface area contributed by atoms with Crippen LogP contribution in [0.2, 0.25) is 0 Å². The van der Waals surface area contributed by atoms with Crippen LogP contribution in [0.1, 0.15) is 49.9 Å². The summed E-state index contributed by atoms with van der Waals surface area (Å²) in [4.78, 5) is 5.19. The molecule has 2 heterocycles. The predicted molar refractivity (Wildman–Crippen MR) is 84.9 cm³/mol. The highest BCUT2D eigenvalue weighted by Gasteiger charge is 2.23. The molecule has 0 atom stereocenters. The molecule has 2 aliphatic heterocycles. The molecule has 1 aromatic carbocycles. The van der Waals surface area contributed by atoms with Crippen molar-refractivity contribution in [2.75, 3.05) is 13.1 Å². The predicted octanol–water partition coefficient (Wildman–Crippen LogP) is 3.22. The van der Waals surface area contributed by atoms with Crippen molar-refractivity contribution in [2.45, 2.75) is 65.7 Å². The third-order valence-electron chi connectivity index (χ3n) is 5.07. The van der Waals surface area contributed by atoms with Crippen molar-refractivity contribution in [2.24, 2.45) is 0 Å². The summed E-state index contributed by atoms with van der Waals surface area (Å²) in [6, 6.07) is 6.34. The lowest BCUT2D eigenvalue weighted by Gasteiger charge is -2.36. The van der Waals surface area contributed by atoms with Crippen LogP contribution in [0.5, 0.6) is 0 Å². The van der Waals surface area contributed by atoms with E-state index in [-0.39, 0.29) is 0 Å². The number of benzene rings is 1. The Morgan fingerprint density at radius 2 is 1.10 bits per heavy atom. The molecule has 1 aromatic rings. The van der Waals surface area contributed by atoms with Gasteiger partial charge in [-0.3, -0.25) is 9.80 Å². The summed E-state index contributed by atoms with van der Waals surface area (Å²) >= 11 is 0. The molecule has 0 aliphatic carbocycles. The Morgan fingerprint density at radius 1 is 0.700 bits per heavy atom. The Balaban J connectivity index is 1.86. The van der Waals surface area contributed by atoms with E-state index in [1.54, 1.807) is 22.3 Å². The summed E-state index contributed by atoms with van der Waals surface area (Å²) in [6.07, 6.45) is 2.46. The fourth-order valence-electron chi connectivity index (χ4n) is 3.56. The van der Waals surface area contributed by atoms with E-state index in [4.69, 9.17) is 0 Å². The van der Waals surface area contributed by atoms with E-state index in [1.165, 1.54) is 25.9 Å². The van der Waals surface area contributed by atoms with Crippen LogP contribution in [0.15, 0.2) is 12.1 Å². The van der Waals surface area contributed by atoms with Crippen molar-refractivity contribution in [3.8, 4) is 0 Å². The first-order valence-electron chi connectivity index (χ1n) is 8.16. The van der Waals surface area contributed by atoms with Crippen molar-refractivity contribution in [3.63, 3.8) is 0 Å². The molecule has 0 radical (unpaired) electrons. The number of nitrogens with zero attached hydrogens (tertiary/aromatic N) is 2. The number of rotatable bonds is 2. The first kappa shape index (κ1) is 14.1. The zero-order valence-electron chi connectivity index (χ0n) is 13.4. The van der Waals surface area contributed by atoms with E-state index in [0.717, 1.165) is 13.1 Å². The second kappa shape index (κ2) is 5.50. The van der Waals surface area contributed by atoms with Crippen LogP contribution in [0.25, 0.3) is 0 Å². The fraction of sp³-hybridized carbons (Fsp3) is 0.667. The summed E-state index contributed by atoms with van der Waals surface area (Å²) in [6.45, 7) is 14.0. The van der Waals surface area contributed by atoms with E-state index in [0.29, 0.717) is 12.1 Å². The van der Waals surface area contributed by atoms with Gasteiger partial charge in [0.25, 0.3) is 0 Å². The minimum atomic E-state index is 0.659. The molecule has 0 saturated heterocycles. The number of hydrogen-bond donors (Lipinski definition) is 0. The molecule has 0 saturated carbocycles. The lowest BCUT2D eigenvalue weighted by molar-refractivity contribution is 0.197. The molecule has 0 aromatic heterocycles. The van der Waals surface area contributed by atoms with Crippen molar-refractivity contribution in [3.05, 3.63) is 34.4 Å². The Labute approximate surface area is 123 Å². The molecule has 0 fully saturated rings. The van der Waals surface area contributed by atoms with Crippen LogP contribution in [-0.2, 0) is 25.9 Å². The smallest absolute Gasteiger partial charge is 0.0239 e. The average Bonchev–Trinajstić information content (AvgIpc) is 2.43. The molecule has 0 N–H and O–H groups in total. The average molecular weight is 272 g/mol. The van der Waals surface area contributed by atoms with Gasteiger partial charge in [0, 0.05) is 38.3 Å². The van der Waals surface area contributed by atoms with Gasteiger partial charge in [-0.05, 0) is 62.8 Å². The maximum atomic E-state index is 2.60. The van der Waals surface area contributed by atoms with Crippen molar-refractivity contribution < 1.29 is 0 Å². The summed E-state index contributed by atoms with van der Waals surface area (Å²) in [5.41, 5.74) is 6.38. The van der Waals surface area contributed by atoms with Gasteiger partial charge < -0.3 is 0 Å². The van der Waals surface area contributed by atoms with Gasteiger partial charge in [-0.1, -0.05) is 12.1 Å².